The molecule has 0 saturated heterocycles. The van der Waals surface area contributed by atoms with Crippen molar-refractivity contribution in [2.75, 3.05) is 13.1 Å². The Kier molecular flexibility index (Phi) is 6.81. The lowest BCUT2D eigenvalue weighted by molar-refractivity contribution is 0.625. The minimum atomic E-state index is -0.210. The summed E-state index contributed by atoms with van der Waals surface area (Å²) in [5.41, 5.74) is 1.94. The van der Waals surface area contributed by atoms with Crippen LogP contribution in [-0.4, -0.2) is 24.0 Å². The average Bonchev–Trinajstić information content (AvgIpc) is 2.54. The summed E-state index contributed by atoms with van der Waals surface area (Å²) < 4.78 is 13.1. The predicted molar refractivity (Wildman–Crippen MR) is 92.2 cm³/mol. The molecule has 0 unspecified atom stereocenters. The van der Waals surface area contributed by atoms with Gasteiger partial charge in [0.1, 0.15) is 11.0 Å². The van der Waals surface area contributed by atoms with E-state index in [-0.39, 0.29) is 5.82 Å². The molecule has 0 aliphatic carbocycles. The van der Waals surface area contributed by atoms with E-state index in [0.29, 0.717) is 18.2 Å². The zero-order valence-corrected chi connectivity index (χ0v) is 13.8. The van der Waals surface area contributed by atoms with Crippen molar-refractivity contribution in [1.29, 1.82) is 0 Å². The normalized spacial score (nSPS) is 11.3. The van der Waals surface area contributed by atoms with Crippen LogP contribution in [0.5, 0.6) is 0 Å². The summed E-state index contributed by atoms with van der Waals surface area (Å²) >= 11 is 5.76. The predicted octanol–water partition coefficient (Wildman–Crippen LogP) is 3.17. The Balaban J connectivity index is 1.87. The number of aliphatic imine (C=N–C) groups is 1. The number of pyridine rings is 1. The molecule has 6 heteroatoms. The highest BCUT2D eigenvalue weighted by atomic mass is 35.5. The Morgan fingerprint density at radius 3 is 2.78 bits per heavy atom. The number of halogens is 2. The van der Waals surface area contributed by atoms with Gasteiger partial charge in [0.2, 0.25) is 0 Å². The van der Waals surface area contributed by atoms with E-state index in [1.54, 1.807) is 24.4 Å². The minimum absolute atomic E-state index is 0.210. The highest BCUT2D eigenvalue weighted by Gasteiger charge is 2.00. The van der Waals surface area contributed by atoms with Crippen molar-refractivity contribution < 1.29 is 4.39 Å². The van der Waals surface area contributed by atoms with Gasteiger partial charge < -0.3 is 10.6 Å². The molecular formula is C17H20ClFN4. The number of benzene rings is 1. The quantitative estimate of drug-likeness (QED) is 0.484. The molecule has 2 rings (SSSR count). The number of aromatic nitrogens is 1. The van der Waals surface area contributed by atoms with E-state index in [1.807, 2.05) is 19.1 Å². The van der Waals surface area contributed by atoms with E-state index < -0.39 is 0 Å². The van der Waals surface area contributed by atoms with Crippen molar-refractivity contribution >= 4 is 17.6 Å². The number of hydrogen-bond donors (Lipinski definition) is 2. The highest BCUT2D eigenvalue weighted by molar-refractivity contribution is 6.29. The zero-order chi connectivity index (χ0) is 16.5. The molecule has 0 aliphatic rings. The standard InChI is InChI=1S/C17H20ClFN4/c1-2-20-17(23-12-14-6-7-16(18)22-11-14)21-9-8-13-4-3-5-15(19)10-13/h3-7,10-11H,2,8-9,12H2,1H3,(H2,20,21,23). The zero-order valence-electron chi connectivity index (χ0n) is 13.0. The van der Waals surface area contributed by atoms with Crippen molar-refractivity contribution in [3.05, 3.63) is 64.7 Å². The van der Waals surface area contributed by atoms with Gasteiger partial charge in [-0.15, -0.1) is 0 Å². The number of nitrogens with one attached hydrogen (secondary N) is 2. The molecule has 1 aromatic carbocycles. The number of nitrogens with zero attached hydrogens (tertiary/aromatic N) is 2. The summed E-state index contributed by atoms with van der Waals surface area (Å²) in [5.74, 6) is 0.511. The van der Waals surface area contributed by atoms with E-state index in [0.717, 1.165) is 30.1 Å². The molecule has 23 heavy (non-hydrogen) atoms. The second-order valence-corrected chi connectivity index (χ2v) is 5.38. The molecule has 2 N–H and O–H groups in total. The molecule has 1 aromatic heterocycles. The Morgan fingerprint density at radius 1 is 1.22 bits per heavy atom. The summed E-state index contributed by atoms with van der Waals surface area (Å²) in [4.78, 5) is 8.53. The van der Waals surface area contributed by atoms with Crippen LogP contribution in [-0.2, 0) is 13.0 Å². The second kappa shape index (κ2) is 9.10. The van der Waals surface area contributed by atoms with E-state index in [1.165, 1.54) is 6.07 Å². The summed E-state index contributed by atoms with van der Waals surface area (Å²) in [7, 11) is 0. The average molecular weight is 335 g/mol. The van der Waals surface area contributed by atoms with Gasteiger partial charge >= 0.3 is 0 Å². The first-order valence-corrected chi connectivity index (χ1v) is 7.92. The van der Waals surface area contributed by atoms with Crippen LogP contribution >= 0.6 is 11.6 Å². The van der Waals surface area contributed by atoms with Gasteiger partial charge in [-0.05, 0) is 42.7 Å². The van der Waals surface area contributed by atoms with Crippen molar-refractivity contribution in [2.24, 2.45) is 4.99 Å². The molecule has 0 aliphatic heterocycles. The Labute approximate surface area is 140 Å². The Morgan fingerprint density at radius 2 is 2.09 bits per heavy atom. The fraction of sp³-hybridized carbons (Fsp3) is 0.294. The van der Waals surface area contributed by atoms with E-state index in [2.05, 4.69) is 20.6 Å². The molecule has 0 fully saturated rings. The van der Waals surface area contributed by atoms with Crippen LogP contribution in [0.25, 0.3) is 0 Å². The van der Waals surface area contributed by atoms with E-state index >= 15 is 0 Å². The Hall–Kier alpha value is -2.14. The molecule has 0 amide bonds. The van der Waals surface area contributed by atoms with Gasteiger partial charge in [-0.2, -0.15) is 0 Å². The maximum Gasteiger partial charge on any atom is 0.191 e. The molecule has 0 radical (unpaired) electrons. The monoisotopic (exact) mass is 334 g/mol. The van der Waals surface area contributed by atoms with Crippen LogP contribution in [0.15, 0.2) is 47.6 Å². The molecule has 0 bridgehead atoms. The van der Waals surface area contributed by atoms with Gasteiger partial charge in [-0.1, -0.05) is 29.8 Å². The lowest BCUT2D eigenvalue weighted by Gasteiger charge is -2.11. The minimum Gasteiger partial charge on any atom is -0.357 e. The molecule has 4 nitrogen and oxygen atoms in total. The van der Waals surface area contributed by atoms with Crippen LogP contribution in [0.3, 0.4) is 0 Å². The molecule has 0 spiro atoms. The number of guanidine groups is 1. The van der Waals surface area contributed by atoms with Crippen molar-refractivity contribution in [2.45, 2.75) is 19.9 Å². The summed E-state index contributed by atoms with van der Waals surface area (Å²) in [5, 5.41) is 6.89. The van der Waals surface area contributed by atoms with Crippen molar-refractivity contribution in [3.63, 3.8) is 0 Å². The van der Waals surface area contributed by atoms with Gasteiger partial charge in [0.15, 0.2) is 5.96 Å². The Bertz CT molecular complexity index is 643. The third-order valence-electron chi connectivity index (χ3n) is 3.15. The summed E-state index contributed by atoms with van der Waals surface area (Å²) in [6.45, 7) is 3.96. The number of rotatable bonds is 6. The van der Waals surface area contributed by atoms with Gasteiger partial charge in [0.25, 0.3) is 0 Å². The largest absolute Gasteiger partial charge is 0.357 e. The third kappa shape index (κ3) is 6.24. The van der Waals surface area contributed by atoms with Gasteiger partial charge in [0.05, 0.1) is 6.54 Å². The van der Waals surface area contributed by atoms with Crippen LogP contribution in [0.1, 0.15) is 18.1 Å². The maximum absolute atomic E-state index is 13.1. The topological polar surface area (TPSA) is 49.3 Å². The third-order valence-corrected chi connectivity index (χ3v) is 3.37. The summed E-state index contributed by atoms with van der Waals surface area (Å²) in [6, 6.07) is 10.3. The highest BCUT2D eigenvalue weighted by Crippen LogP contribution is 2.06. The van der Waals surface area contributed by atoms with Crippen LogP contribution in [0, 0.1) is 5.82 Å². The molecule has 0 atom stereocenters. The first-order valence-electron chi connectivity index (χ1n) is 7.54. The fourth-order valence-electron chi connectivity index (χ4n) is 2.03. The van der Waals surface area contributed by atoms with Crippen LogP contribution < -0.4 is 10.6 Å². The van der Waals surface area contributed by atoms with Crippen molar-refractivity contribution in [3.8, 4) is 0 Å². The lowest BCUT2D eigenvalue weighted by atomic mass is 10.1. The van der Waals surface area contributed by atoms with E-state index in [9.17, 15) is 4.39 Å². The molecular weight excluding hydrogens is 315 g/mol. The van der Waals surface area contributed by atoms with Crippen molar-refractivity contribution in [1.82, 2.24) is 15.6 Å². The van der Waals surface area contributed by atoms with Gasteiger partial charge in [-0.25, -0.2) is 14.4 Å². The SMILES string of the molecule is CCNC(=NCc1ccc(Cl)nc1)NCCc1cccc(F)c1. The first kappa shape index (κ1) is 17.2. The lowest BCUT2D eigenvalue weighted by Crippen LogP contribution is -2.38. The molecule has 0 saturated carbocycles. The van der Waals surface area contributed by atoms with Gasteiger partial charge in [0, 0.05) is 19.3 Å². The second-order valence-electron chi connectivity index (χ2n) is 4.99. The fourth-order valence-corrected chi connectivity index (χ4v) is 2.14. The van der Waals surface area contributed by atoms with Crippen LogP contribution in [0.4, 0.5) is 4.39 Å². The molecule has 122 valence electrons. The van der Waals surface area contributed by atoms with Gasteiger partial charge in [-0.3, -0.25) is 0 Å². The van der Waals surface area contributed by atoms with Crippen LogP contribution in [0.2, 0.25) is 5.15 Å². The van der Waals surface area contributed by atoms with E-state index in [4.69, 9.17) is 11.6 Å². The maximum atomic E-state index is 13.1. The first-order chi connectivity index (χ1) is 11.2. The smallest absolute Gasteiger partial charge is 0.191 e. The molecule has 2 aromatic rings. The number of hydrogen-bond acceptors (Lipinski definition) is 2. The molecule has 1 heterocycles. The summed E-state index contributed by atoms with van der Waals surface area (Å²) in [6.07, 6.45) is 2.44.